The molecule has 1 amide bonds. The first-order chi connectivity index (χ1) is 11.0. The molecule has 4 nitrogen and oxygen atoms in total. The Balaban J connectivity index is 1.79. The summed E-state index contributed by atoms with van der Waals surface area (Å²) < 4.78 is 14.1. The minimum Gasteiger partial charge on any atom is -0.300 e. The van der Waals surface area contributed by atoms with Gasteiger partial charge in [-0.2, -0.15) is 0 Å². The van der Waals surface area contributed by atoms with Crippen LogP contribution < -0.4 is 5.32 Å². The Morgan fingerprint density at radius 1 is 1.35 bits per heavy atom. The van der Waals surface area contributed by atoms with Gasteiger partial charge in [-0.05, 0) is 24.8 Å². The van der Waals surface area contributed by atoms with Crippen LogP contribution in [0.25, 0.3) is 0 Å². The summed E-state index contributed by atoms with van der Waals surface area (Å²) in [5, 5.41) is 12.4. The van der Waals surface area contributed by atoms with Gasteiger partial charge in [-0.1, -0.05) is 49.8 Å². The summed E-state index contributed by atoms with van der Waals surface area (Å²) >= 11 is 1.39. The van der Waals surface area contributed by atoms with Crippen molar-refractivity contribution >= 4 is 22.4 Å². The van der Waals surface area contributed by atoms with Crippen LogP contribution in [0.2, 0.25) is 0 Å². The lowest BCUT2D eigenvalue weighted by Gasteiger charge is -2.40. The van der Waals surface area contributed by atoms with E-state index in [1.54, 1.807) is 18.2 Å². The molecule has 0 spiro atoms. The van der Waals surface area contributed by atoms with Crippen LogP contribution >= 0.6 is 11.3 Å². The van der Waals surface area contributed by atoms with Gasteiger partial charge in [0.25, 0.3) is 0 Å². The van der Waals surface area contributed by atoms with Gasteiger partial charge in [-0.15, -0.1) is 10.2 Å². The molecule has 0 saturated heterocycles. The second kappa shape index (κ2) is 6.35. The minimum absolute atomic E-state index is 0.180. The number of nitrogens with zero attached hydrogens (tertiary/aromatic N) is 2. The van der Waals surface area contributed by atoms with E-state index in [9.17, 15) is 9.18 Å². The standard InChI is InChI=1S/C17H20FN3OS/c1-11(2)10-14-20-21-16(23-14)19-15(22)17(8-5-9-17)12-6-3-4-7-13(12)18/h3-4,6-7,11H,5,8-10H2,1-2H3,(H,19,21,22). The van der Waals surface area contributed by atoms with Gasteiger partial charge in [-0.25, -0.2) is 4.39 Å². The third-order valence-electron chi connectivity index (χ3n) is 4.30. The highest BCUT2D eigenvalue weighted by Gasteiger charge is 2.47. The van der Waals surface area contributed by atoms with E-state index in [2.05, 4.69) is 29.4 Å². The van der Waals surface area contributed by atoms with Crippen molar-refractivity contribution in [1.82, 2.24) is 10.2 Å². The van der Waals surface area contributed by atoms with Crippen molar-refractivity contribution in [3.05, 3.63) is 40.7 Å². The summed E-state index contributed by atoms with van der Waals surface area (Å²) in [5.41, 5.74) is -0.287. The molecular formula is C17H20FN3OS. The zero-order valence-corrected chi connectivity index (χ0v) is 14.1. The van der Waals surface area contributed by atoms with Crippen molar-refractivity contribution in [2.24, 2.45) is 5.92 Å². The van der Waals surface area contributed by atoms with Crippen molar-refractivity contribution in [2.45, 2.75) is 44.9 Å². The average molecular weight is 333 g/mol. The first-order valence-electron chi connectivity index (χ1n) is 7.90. The first-order valence-corrected chi connectivity index (χ1v) is 8.72. The molecular weight excluding hydrogens is 313 g/mol. The second-order valence-electron chi connectivity index (χ2n) is 6.47. The summed E-state index contributed by atoms with van der Waals surface area (Å²) in [6.45, 7) is 4.22. The van der Waals surface area contributed by atoms with Gasteiger partial charge in [0.1, 0.15) is 10.8 Å². The highest BCUT2D eigenvalue weighted by Crippen LogP contribution is 2.45. The van der Waals surface area contributed by atoms with Crippen molar-refractivity contribution in [1.29, 1.82) is 0 Å². The fourth-order valence-corrected chi connectivity index (χ4v) is 3.90. The van der Waals surface area contributed by atoms with E-state index in [0.29, 0.717) is 29.5 Å². The Hall–Kier alpha value is -1.82. The zero-order chi connectivity index (χ0) is 16.4. The Labute approximate surface area is 139 Å². The molecule has 122 valence electrons. The number of aromatic nitrogens is 2. The molecule has 0 bridgehead atoms. The number of hydrogen-bond donors (Lipinski definition) is 1. The Kier molecular flexibility index (Phi) is 4.43. The Morgan fingerprint density at radius 2 is 2.09 bits per heavy atom. The van der Waals surface area contributed by atoms with Crippen molar-refractivity contribution in [2.75, 3.05) is 5.32 Å². The first kappa shape index (κ1) is 16.1. The number of anilines is 1. The number of amides is 1. The number of carbonyl (C=O) groups is 1. The molecule has 2 aromatic rings. The van der Waals surface area contributed by atoms with E-state index < -0.39 is 5.41 Å². The molecule has 1 aliphatic carbocycles. The number of hydrogen-bond acceptors (Lipinski definition) is 4. The summed E-state index contributed by atoms with van der Waals surface area (Å²) in [4.78, 5) is 12.8. The zero-order valence-electron chi connectivity index (χ0n) is 13.3. The molecule has 1 N–H and O–H groups in total. The predicted molar refractivity (Wildman–Crippen MR) is 89.0 cm³/mol. The summed E-state index contributed by atoms with van der Waals surface area (Å²) in [6, 6.07) is 6.54. The molecule has 1 aromatic carbocycles. The number of nitrogens with one attached hydrogen (secondary N) is 1. The molecule has 0 atom stereocenters. The maximum absolute atomic E-state index is 14.1. The summed E-state index contributed by atoms with van der Waals surface area (Å²) in [7, 11) is 0. The molecule has 1 heterocycles. The van der Waals surface area contributed by atoms with E-state index in [-0.39, 0.29) is 11.7 Å². The van der Waals surface area contributed by atoms with Crippen LogP contribution in [0.5, 0.6) is 0 Å². The molecule has 3 rings (SSSR count). The Morgan fingerprint density at radius 3 is 2.70 bits per heavy atom. The third kappa shape index (κ3) is 3.13. The van der Waals surface area contributed by atoms with Crippen LogP contribution in [0.4, 0.5) is 9.52 Å². The molecule has 0 aliphatic heterocycles. The van der Waals surface area contributed by atoms with Gasteiger partial charge in [0.05, 0.1) is 5.41 Å². The number of benzene rings is 1. The van der Waals surface area contributed by atoms with E-state index in [1.165, 1.54) is 17.4 Å². The predicted octanol–water partition coefficient (Wildman–Crippen LogP) is 3.94. The molecule has 1 aliphatic rings. The topological polar surface area (TPSA) is 54.9 Å². The third-order valence-corrected chi connectivity index (χ3v) is 5.16. The van der Waals surface area contributed by atoms with Crippen molar-refractivity contribution in [3.63, 3.8) is 0 Å². The van der Waals surface area contributed by atoms with Crippen LogP contribution in [-0.4, -0.2) is 16.1 Å². The minimum atomic E-state index is -0.769. The lowest BCUT2D eigenvalue weighted by Crippen LogP contribution is -2.46. The molecule has 6 heteroatoms. The van der Waals surface area contributed by atoms with Crippen LogP contribution in [0.1, 0.15) is 43.7 Å². The smallest absolute Gasteiger partial charge is 0.236 e. The maximum Gasteiger partial charge on any atom is 0.236 e. The summed E-state index contributed by atoms with van der Waals surface area (Å²) in [6.07, 6.45) is 3.09. The lowest BCUT2D eigenvalue weighted by atomic mass is 9.63. The molecule has 0 unspecified atom stereocenters. The van der Waals surface area contributed by atoms with Crippen molar-refractivity contribution in [3.8, 4) is 0 Å². The van der Waals surface area contributed by atoms with Crippen molar-refractivity contribution < 1.29 is 9.18 Å². The van der Waals surface area contributed by atoms with Gasteiger partial charge < -0.3 is 0 Å². The van der Waals surface area contributed by atoms with Gasteiger partial charge in [0.15, 0.2) is 0 Å². The molecule has 1 aromatic heterocycles. The highest BCUT2D eigenvalue weighted by atomic mass is 32.1. The normalized spacial score (nSPS) is 16.2. The fourth-order valence-electron chi connectivity index (χ4n) is 2.95. The number of carbonyl (C=O) groups excluding carboxylic acids is 1. The van der Waals surface area contributed by atoms with E-state index in [1.807, 2.05) is 0 Å². The quantitative estimate of drug-likeness (QED) is 0.902. The average Bonchev–Trinajstić information content (AvgIpc) is 2.86. The number of rotatable bonds is 5. The fraction of sp³-hybridized carbons (Fsp3) is 0.471. The van der Waals surface area contributed by atoms with Crippen LogP contribution in [0.3, 0.4) is 0 Å². The van der Waals surface area contributed by atoms with Gasteiger partial charge in [0, 0.05) is 12.0 Å². The number of halogens is 1. The molecule has 1 fully saturated rings. The van der Waals surface area contributed by atoms with Crippen LogP contribution in [0, 0.1) is 11.7 Å². The van der Waals surface area contributed by atoms with E-state index in [0.717, 1.165) is 17.8 Å². The molecule has 23 heavy (non-hydrogen) atoms. The van der Waals surface area contributed by atoms with E-state index in [4.69, 9.17) is 0 Å². The van der Waals surface area contributed by atoms with Crippen LogP contribution in [0.15, 0.2) is 24.3 Å². The maximum atomic E-state index is 14.1. The van der Waals surface area contributed by atoms with Gasteiger partial charge in [0.2, 0.25) is 11.0 Å². The van der Waals surface area contributed by atoms with Gasteiger partial charge in [-0.3, -0.25) is 10.1 Å². The largest absolute Gasteiger partial charge is 0.300 e. The Bertz CT molecular complexity index is 709. The second-order valence-corrected chi connectivity index (χ2v) is 7.53. The molecule has 1 saturated carbocycles. The highest BCUT2D eigenvalue weighted by molar-refractivity contribution is 7.15. The summed E-state index contributed by atoms with van der Waals surface area (Å²) in [5.74, 6) is -0.0101. The van der Waals surface area contributed by atoms with E-state index >= 15 is 0 Å². The lowest BCUT2D eigenvalue weighted by molar-refractivity contribution is -0.124. The van der Waals surface area contributed by atoms with Gasteiger partial charge >= 0.3 is 0 Å². The monoisotopic (exact) mass is 333 g/mol. The SMILES string of the molecule is CC(C)Cc1nnc(NC(=O)C2(c3ccccc3F)CCC2)s1. The molecule has 0 radical (unpaired) electrons. The van der Waals surface area contributed by atoms with Crippen LogP contribution in [-0.2, 0) is 16.6 Å².